The Hall–Kier alpha value is -1.16. The molecule has 2 N–H and O–H groups in total. The number of ketones is 1. The van der Waals surface area contributed by atoms with Crippen molar-refractivity contribution < 1.29 is 4.79 Å². The molecular formula is C10H15N3O. The summed E-state index contributed by atoms with van der Waals surface area (Å²) < 4.78 is 1.76. The van der Waals surface area contributed by atoms with Crippen molar-refractivity contribution in [2.24, 2.45) is 18.7 Å². The second-order valence-electron chi connectivity index (χ2n) is 3.93. The van der Waals surface area contributed by atoms with E-state index in [4.69, 9.17) is 5.73 Å². The highest BCUT2D eigenvalue weighted by Crippen LogP contribution is 2.26. The molecule has 1 aromatic rings. The summed E-state index contributed by atoms with van der Waals surface area (Å²) in [6, 6.07) is 0.0270. The molecule has 0 bridgehead atoms. The van der Waals surface area contributed by atoms with Crippen LogP contribution in [0.3, 0.4) is 0 Å². The summed E-state index contributed by atoms with van der Waals surface area (Å²) in [6.07, 6.45) is 6.36. The number of carbonyl (C=O) groups is 1. The number of nitrogens with two attached hydrogens (primary N) is 1. The summed E-state index contributed by atoms with van der Waals surface area (Å²) in [5.41, 5.74) is 5.88. The normalized spacial score (nSPS) is 26.7. The molecule has 4 nitrogen and oxygen atoms in total. The van der Waals surface area contributed by atoms with Gasteiger partial charge in [0.1, 0.15) is 0 Å². The number of rotatable bonds is 2. The van der Waals surface area contributed by atoms with Gasteiger partial charge in [0, 0.05) is 31.4 Å². The molecule has 1 heterocycles. The summed E-state index contributed by atoms with van der Waals surface area (Å²) in [7, 11) is 1.83. The van der Waals surface area contributed by atoms with Gasteiger partial charge in [-0.15, -0.1) is 0 Å². The van der Waals surface area contributed by atoms with Gasteiger partial charge in [-0.1, -0.05) is 6.42 Å². The molecular weight excluding hydrogens is 178 g/mol. The zero-order valence-electron chi connectivity index (χ0n) is 8.31. The molecule has 1 aliphatic rings. The molecule has 0 aromatic carbocycles. The van der Waals surface area contributed by atoms with Crippen LogP contribution in [0.5, 0.6) is 0 Å². The quantitative estimate of drug-likeness (QED) is 0.704. The van der Waals surface area contributed by atoms with Crippen LogP contribution < -0.4 is 5.73 Å². The summed E-state index contributed by atoms with van der Waals surface area (Å²) in [5.74, 6) is 0.617. The lowest BCUT2D eigenvalue weighted by Gasteiger charge is -2.13. The van der Waals surface area contributed by atoms with Crippen molar-refractivity contribution in [3.63, 3.8) is 0 Å². The number of imidazole rings is 1. The van der Waals surface area contributed by atoms with E-state index >= 15 is 0 Å². The van der Waals surface area contributed by atoms with Crippen LogP contribution >= 0.6 is 0 Å². The van der Waals surface area contributed by atoms with E-state index in [0.29, 0.717) is 5.82 Å². The lowest BCUT2D eigenvalue weighted by atomic mass is 9.98. The number of nitrogens with zero attached hydrogens (tertiary/aromatic N) is 2. The molecule has 0 aliphatic heterocycles. The fourth-order valence-electron chi connectivity index (χ4n) is 2.08. The first kappa shape index (κ1) is 9.40. The Labute approximate surface area is 83.1 Å². The third-order valence-electron chi connectivity index (χ3n) is 2.95. The second-order valence-corrected chi connectivity index (χ2v) is 3.93. The van der Waals surface area contributed by atoms with Crippen LogP contribution in [0.2, 0.25) is 0 Å². The van der Waals surface area contributed by atoms with Crippen molar-refractivity contribution in [3.8, 4) is 0 Å². The van der Waals surface area contributed by atoms with Crippen molar-refractivity contribution in [1.82, 2.24) is 9.55 Å². The van der Waals surface area contributed by atoms with E-state index in [2.05, 4.69) is 4.98 Å². The van der Waals surface area contributed by atoms with Crippen LogP contribution in [0.4, 0.5) is 0 Å². The Bertz CT molecular complexity index is 345. The molecule has 2 unspecified atom stereocenters. The van der Waals surface area contributed by atoms with Crippen molar-refractivity contribution in [1.29, 1.82) is 0 Å². The topological polar surface area (TPSA) is 60.9 Å². The van der Waals surface area contributed by atoms with E-state index in [9.17, 15) is 4.79 Å². The van der Waals surface area contributed by atoms with Gasteiger partial charge < -0.3 is 10.3 Å². The van der Waals surface area contributed by atoms with Gasteiger partial charge in [0.05, 0.1) is 0 Å². The number of carbonyl (C=O) groups excluding carboxylic acids is 1. The number of hydrogen-bond donors (Lipinski definition) is 1. The molecule has 1 aromatic heterocycles. The molecule has 2 rings (SSSR count). The Morgan fingerprint density at radius 3 is 2.93 bits per heavy atom. The van der Waals surface area contributed by atoms with E-state index in [1.165, 1.54) is 0 Å². The standard InChI is InChI=1S/C10H15N3O/c1-13-6-5-12-10(13)9(14)7-3-2-4-8(7)11/h5-8H,2-4,11H2,1H3. The predicted molar refractivity (Wildman–Crippen MR) is 52.9 cm³/mol. The van der Waals surface area contributed by atoms with Gasteiger partial charge in [0.25, 0.3) is 0 Å². The molecule has 1 saturated carbocycles. The first-order valence-corrected chi connectivity index (χ1v) is 4.97. The predicted octanol–water partition coefficient (Wildman–Crippen LogP) is 0.730. The summed E-state index contributed by atoms with van der Waals surface area (Å²) in [4.78, 5) is 16.0. The van der Waals surface area contributed by atoms with E-state index in [0.717, 1.165) is 19.3 Å². The minimum absolute atomic E-state index is 0.0175. The van der Waals surface area contributed by atoms with E-state index < -0.39 is 0 Å². The fourth-order valence-corrected chi connectivity index (χ4v) is 2.08. The largest absolute Gasteiger partial charge is 0.332 e. The third kappa shape index (κ3) is 1.46. The van der Waals surface area contributed by atoms with Crippen molar-refractivity contribution in [3.05, 3.63) is 18.2 Å². The van der Waals surface area contributed by atoms with Gasteiger partial charge in [0.15, 0.2) is 5.82 Å². The van der Waals surface area contributed by atoms with Crippen molar-refractivity contribution in [2.75, 3.05) is 0 Å². The van der Waals surface area contributed by atoms with Gasteiger partial charge in [0.2, 0.25) is 5.78 Å². The molecule has 0 amide bonds. The monoisotopic (exact) mass is 193 g/mol. The van der Waals surface area contributed by atoms with Crippen molar-refractivity contribution >= 4 is 5.78 Å². The number of aryl methyl sites for hydroxylation is 1. The van der Waals surface area contributed by atoms with Crippen LogP contribution in [-0.2, 0) is 7.05 Å². The highest BCUT2D eigenvalue weighted by Gasteiger charge is 2.32. The molecule has 1 aliphatic carbocycles. The lowest BCUT2D eigenvalue weighted by molar-refractivity contribution is 0.0899. The average Bonchev–Trinajstić information content (AvgIpc) is 2.73. The highest BCUT2D eigenvalue weighted by atomic mass is 16.1. The maximum Gasteiger partial charge on any atom is 0.202 e. The molecule has 0 radical (unpaired) electrons. The smallest absolute Gasteiger partial charge is 0.202 e. The van der Waals surface area contributed by atoms with Crippen LogP contribution in [-0.4, -0.2) is 21.4 Å². The highest BCUT2D eigenvalue weighted by molar-refractivity contribution is 5.95. The van der Waals surface area contributed by atoms with E-state index in [-0.39, 0.29) is 17.7 Å². The van der Waals surface area contributed by atoms with Crippen molar-refractivity contribution in [2.45, 2.75) is 25.3 Å². The Morgan fingerprint density at radius 1 is 1.64 bits per heavy atom. The number of aromatic nitrogens is 2. The molecule has 1 fully saturated rings. The fraction of sp³-hybridized carbons (Fsp3) is 0.600. The molecule has 2 atom stereocenters. The Balaban J connectivity index is 2.20. The number of Topliss-reactive ketones (excluding diaryl/α,β-unsaturated/α-hetero) is 1. The van der Waals surface area contributed by atoms with E-state index in [1.807, 2.05) is 7.05 Å². The Morgan fingerprint density at radius 2 is 2.43 bits per heavy atom. The average molecular weight is 193 g/mol. The molecule has 14 heavy (non-hydrogen) atoms. The Kier molecular flexibility index (Phi) is 2.37. The third-order valence-corrected chi connectivity index (χ3v) is 2.95. The molecule has 4 heteroatoms. The van der Waals surface area contributed by atoms with Gasteiger partial charge in [-0.05, 0) is 12.8 Å². The van der Waals surface area contributed by atoms with E-state index in [1.54, 1.807) is 17.0 Å². The molecule has 0 saturated heterocycles. The van der Waals surface area contributed by atoms with Crippen LogP contribution in [0, 0.1) is 5.92 Å². The zero-order valence-corrected chi connectivity index (χ0v) is 8.31. The van der Waals surface area contributed by atoms with Gasteiger partial charge >= 0.3 is 0 Å². The maximum atomic E-state index is 12.0. The summed E-state index contributed by atoms with van der Waals surface area (Å²) >= 11 is 0. The minimum atomic E-state index is -0.0175. The second kappa shape index (κ2) is 3.53. The zero-order chi connectivity index (χ0) is 10.1. The summed E-state index contributed by atoms with van der Waals surface area (Å²) in [6.45, 7) is 0. The SMILES string of the molecule is Cn1ccnc1C(=O)C1CCCC1N. The van der Waals surface area contributed by atoms with Crippen LogP contribution in [0.25, 0.3) is 0 Å². The lowest BCUT2D eigenvalue weighted by Crippen LogP contribution is -2.31. The van der Waals surface area contributed by atoms with Gasteiger partial charge in [-0.25, -0.2) is 4.98 Å². The summed E-state index contributed by atoms with van der Waals surface area (Å²) in [5, 5.41) is 0. The molecule has 0 spiro atoms. The minimum Gasteiger partial charge on any atom is -0.332 e. The first-order valence-electron chi connectivity index (χ1n) is 4.97. The van der Waals surface area contributed by atoms with Gasteiger partial charge in [-0.2, -0.15) is 0 Å². The first-order chi connectivity index (χ1) is 6.70. The van der Waals surface area contributed by atoms with Crippen LogP contribution in [0.15, 0.2) is 12.4 Å². The number of hydrogen-bond acceptors (Lipinski definition) is 3. The van der Waals surface area contributed by atoms with Crippen LogP contribution in [0.1, 0.15) is 29.9 Å². The van der Waals surface area contributed by atoms with Gasteiger partial charge in [-0.3, -0.25) is 4.79 Å². The maximum absolute atomic E-state index is 12.0. The molecule has 76 valence electrons.